The lowest BCUT2D eigenvalue weighted by atomic mass is 10.4. The summed E-state index contributed by atoms with van der Waals surface area (Å²) < 4.78 is 6.58. The minimum Gasteiger partial charge on any atom is -0.427 e. The van der Waals surface area contributed by atoms with Gasteiger partial charge in [0.05, 0.1) is 0 Å². The van der Waals surface area contributed by atoms with Gasteiger partial charge in [0.25, 0.3) is 5.56 Å². The lowest BCUT2D eigenvalue weighted by molar-refractivity contribution is 0.526. The van der Waals surface area contributed by atoms with Gasteiger partial charge in [-0.2, -0.15) is 0 Å². The van der Waals surface area contributed by atoms with Gasteiger partial charge in [-0.05, 0) is 19.1 Å². The predicted octanol–water partition coefficient (Wildman–Crippen LogP) is 1.18. The molecule has 0 bridgehead atoms. The van der Waals surface area contributed by atoms with Gasteiger partial charge in [0.15, 0.2) is 6.39 Å². The van der Waals surface area contributed by atoms with Gasteiger partial charge in [-0.3, -0.25) is 9.36 Å². The van der Waals surface area contributed by atoms with E-state index in [1.54, 1.807) is 32.3 Å². The molecular formula is C10H11N3O2. The Labute approximate surface area is 86.4 Å². The number of hydrogen-bond donors (Lipinski definition) is 1. The van der Waals surface area contributed by atoms with Crippen molar-refractivity contribution in [3.05, 3.63) is 40.8 Å². The molecule has 0 radical (unpaired) electrons. The van der Waals surface area contributed by atoms with Crippen LogP contribution in [0.1, 0.15) is 5.69 Å². The van der Waals surface area contributed by atoms with Crippen LogP contribution in [-0.2, 0) is 0 Å². The highest BCUT2D eigenvalue weighted by molar-refractivity contribution is 5.42. The van der Waals surface area contributed by atoms with Crippen LogP contribution in [0.5, 0.6) is 0 Å². The monoisotopic (exact) mass is 205 g/mol. The number of oxazole rings is 1. The first kappa shape index (κ1) is 9.51. The smallest absolute Gasteiger partial charge is 0.280 e. The Hall–Kier alpha value is -2.04. The molecule has 0 aliphatic carbocycles. The zero-order valence-corrected chi connectivity index (χ0v) is 8.52. The molecule has 0 spiro atoms. The van der Waals surface area contributed by atoms with Crippen LogP contribution in [0.15, 0.2) is 33.9 Å². The molecule has 78 valence electrons. The average Bonchev–Trinajstić information content (AvgIpc) is 2.65. The standard InChI is InChI=1S/C10H11N3O2/c1-7-10(15-6-12-7)13-5-3-4-8(11-2)9(13)14/h3-6,11H,1-2H3. The van der Waals surface area contributed by atoms with E-state index >= 15 is 0 Å². The molecule has 0 aromatic carbocycles. The van der Waals surface area contributed by atoms with Crippen LogP contribution in [0, 0.1) is 6.92 Å². The van der Waals surface area contributed by atoms with E-state index in [1.807, 2.05) is 0 Å². The summed E-state index contributed by atoms with van der Waals surface area (Å²) in [6.07, 6.45) is 2.97. The summed E-state index contributed by atoms with van der Waals surface area (Å²) in [5, 5.41) is 2.82. The lowest BCUT2D eigenvalue weighted by Gasteiger charge is -2.04. The second kappa shape index (κ2) is 3.61. The topological polar surface area (TPSA) is 60.1 Å². The first-order chi connectivity index (χ1) is 7.24. The van der Waals surface area contributed by atoms with Gasteiger partial charge < -0.3 is 9.73 Å². The fourth-order valence-electron chi connectivity index (χ4n) is 1.37. The Bertz CT molecular complexity index is 527. The van der Waals surface area contributed by atoms with Crippen molar-refractivity contribution in [1.29, 1.82) is 0 Å². The number of pyridine rings is 1. The minimum atomic E-state index is -0.153. The van der Waals surface area contributed by atoms with Crippen LogP contribution in [0.4, 0.5) is 5.69 Å². The fourth-order valence-corrected chi connectivity index (χ4v) is 1.37. The van der Waals surface area contributed by atoms with Crippen molar-refractivity contribution in [2.45, 2.75) is 6.92 Å². The first-order valence-electron chi connectivity index (χ1n) is 4.54. The van der Waals surface area contributed by atoms with E-state index in [0.29, 0.717) is 17.3 Å². The van der Waals surface area contributed by atoms with E-state index in [9.17, 15) is 4.79 Å². The molecule has 2 heterocycles. The molecule has 0 aliphatic heterocycles. The summed E-state index contributed by atoms with van der Waals surface area (Å²) in [5.41, 5.74) is 1.05. The Balaban J connectivity index is 2.64. The summed E-state index contributed by atoms with van der Waals surface area (Å²) in [5.74, 6) is 0.456. The van der Waals surface area contributed by atoms with E-state index in [1.165, 1.54) is 11.0 Å². The van der Waals surface area contributed by atoms with Crippen LogP contribution in [0.3, 0.4) is 0 Å². The van der Waals surface area contributed by atoms with Crippen molar-refractivity contribution >= 4 is 5.69 Å². The van der Waals surface area contributed by atoms with Crippen molar-refractivity contribution in [1.82, 2.24) is 9.55 Å². The largest absolute Gasteiger partial charge is 0.427 e. The van der Waals surface area contributed by atoms with E-state index < -0.39 is 0 Å². The van der Waals surface area contributed by atoms with Crippen molar-refractivity contribution < 1.29 is 4.42 Å². The molecule has 0 amide bonds. The summed E-state index contributed by atoms with van der Waals surface area (Å²) in [7, 11) is 1.70. The van der Waals surface area contributed by atoms with Gasteiger partial charge >= 0.3 is 0 Å². The number of hydrogen-bond acceptors (Lipinski definition) is 4. The predicted molar refractivity (Wildman–Crippen MR) is 56.4 cm³/mol. The molecule has 5 nitrogen and oxygen atoms in total. The van der Waals surface area contributed by atoms with Gasteiger partial charge in [0.2, 0.25) is 5.88 Å². The molecule has 0 atom stereocenters. The maximum absolute atomic E-state index is 11.9. The maximum Gasteiger partial charge on any atom is 0.280 e. The van der Waals surface area contributed by atoms with Crippen molar-refractivity contribution in [3.8, 4) is 5.88 Å². The Kier molecular flexibility index (Phi) is 2.29. The maximum atomic E-state index is 11.9. The zero-order valence-electron chi connectivity index (χ0n) is 8.52. The quantitative estimate of drug-likeness (QED) is 0.799. The molecule has 0 saturated carbocycles. The summed E-state index contributed by atoms with van der Waals surface area (Å²) in [6, 6.07) is 3.49. The molecule has 1 N–H and O–H groups in total. The van der Waals surface area contributed by atoms with Gasteiger partial charge in [-0.25, -0.2) is 4.98 Å². The molecule has 2 rings (SSSR count). The number of aromatic nitrogens is 2. The van der Waals surface area contributed by atoms with E-state index in [4.69, 9.17) is 4.42 Å². The Morgan fingerprint density at radius 3 is 2.93 bits per heavy atom. The van der Waals surface area contributed by atoms with Crippen LogP contribution in [0.25, 0.3) is 5.88 Å². The third kappa shape index (κ3) is 1.52. The highest BCUT2D eigenvalue weighted by Gasteiger charge is 2.09. The normalized spacial score (nSPS) is 10.3. The summed E-state index contributed by atoms with van der Waals surface area (Å²) in [4.78, 5) is 15.8. The number of aryl methyl sites for hydroxylation is 1. The number of nitrogens with one attached hydrogen (secondary N) is 1. The number of nitrogens with zero attached hydrogens (tertiary/aromatic N) is 2. The third-order valence-electron chi connectivity index (χ3n) is 2.16. The minimum absolute atomic E-state index is 0.153. The van der Waals surface area contributed by atoms with Crippen LogP contribution >= 0.6 is 0 Å². The average molecular weight is 205 g/mol. The van der Waals surface area contributed by atoms with Gasteiger partial charge in [0.1, 0.15) is 11.4 Å². The second-order valence-corrected chi connectivity index (χ2v) is 3.09. The molecule has 15 heavy (non-hydrogen) atoms. The van der Waals surface area contributed by atoms with Crippen molar-refractivity contribution in [3.63, 3.8) is 0 Å². The van der Waals surface area contributed by atoms with Crippen LogP contribution in [0.2, 0.25) is 0 Å². The van der Waals surface area contributed by atoms with Crippen LogP contribution < -0.4 is 10.9 Å². The van der Waals surface area contributed by atoms with Gasteiger partial charge in [-0.1, -0.05) is 0 Å². The number of anilines is 1. The lowest BCUT2D eigenvalue weighted by Crippen LogP contribution is -2.20. The van der Waals surface area contributed by atoms with Gasteiger partial charge in [0, 0.05) is 13.2 Å². The molecule has 2 aromatic rings. The molecule has 2 aromatic heterocycles. The second-order valence-electron chi connectivity index (χ2n) is 3.09. The Morgan fingerprint density at radius 1 is 1.53 bits per heavy atom. The summed E-state index contributed by atoms with van der Waals surface area (Å²) >= 11 is 0. The Morgan fingerprint density at radius 2 is 2.33 bits per heavy atom. The van der Waals surface area contributed by atoms with E-state index in [2.05, 4.69) is 10.3 Å². The highest BCUT2D eigenvalue weighted by Crippen LogP contribution is 2.10. The molecule has 0 aliphatic rings. The number of rotatable bonds is 2. The zero-order chi connectivity index (χ0) is 10.8. The van der Waals surface area contributed by atoms with E-state index in [0.717, 1.165) is 0 Å². The first-order valence-corrected chi connectivity index (χ1v) is 4.54. The molecule has 0 unspecified atom stereocenters. The molecule has 5 heteroatoms. The van der Waals surface area contributed by atoms with Crippen molar-refractivity contribution in [2.24, 2.45) is 0 Å². The van der Waals surface area contributed by atoms with E-state index in [-0.39, 0.29) is 5.56 Å². The van der Waals surface area contributed by atoms with Crippen LogP contribution in [-0.4, -0.2) is 16.6 Å². The third-order valence-corrected chi connectivity index (χ3v) is 2.16. The fraction of sp³-hybridized carbons (Fsp3) is 0.200. The van der Waals surface area contributed by atoms with Crippen molar-refractivity contribution in [2.75, 3.05) is 12.4 Å². The molecule has 0 saturated heterocycles. The highest BCUT2D eigenvalue weighted by atomic mass is 16.4. The SMILES string of the molecule is CNc1cccn(-c2ocnc2C)c1=O. The summed E-state index contributed by atoms with van der Waals surface area (Å²) in [6.45, 7) is 1.79. The molecular weight excluding hydrogens is 194 g/mol. The van der Waals surface area contributed by atoms with Gasteiger partial charge in [-0.15, -0.1) is 0 Å². The molecule has 0 fully saturated rings.